The number of aromatic nitrogens is 1. The second kappa shape index (κ2) is 3.23. The van der Waals surface area contributed by atoms with Crippen molar-refractivity contribution in [1.29, 1.82) is 0 Å². The van der Waals surface area contributed by atoms with Gasteiger partial charge in [0.1, 0.15) is 5.82 Å². The lowest BCUT2D eigenvalue weighted by atomic mass is 10.4. The topological polar surface area (TPSA) is 24.9 Å². The van der Waals surface area contributed by atoms with Gasteiger partial charge in [-0.3, -0.25) is 0 Å². The number of halogens is 2. The molecule has 0 amide bonds. The minimum atomic E-state index is 0.620. The molecule has 2 nitrogen and oxygen atoms in total. The van der Waals surface area contributed by atoms with Gasteiger partial charge in [-0.05, 0) is 34.8 Å². The zero-order valence-corrected chi connectivity index (χ0v) is 8.69. The van der Waals surface area contributed by atoms with Crippen molar-refractivity contribution in [2.24, 2.45) is 0 Å². The van der Waals surface area contributed by atoms with Gasteiger partial charge in [0.25, 0.3) is 0 Å². The number of nitrogens with one attached hydrogen (secondary N) is 1. The zero-order valence-electron chi connectivity index (χ0n) is 6.35. The molecular formula is C8H8BrClN2. The highest BCUT2D eigenvalue weighted by molar-refractivity contribution is 9.10. The molecule has 0 aromatic carbocycles. The summed E-state index contributed by atoms with van der Waals surface area (Å²) < 4.78 is 0.932. The van der Waals surface area contributed by atoms with Crippen molar-refractivity contribution in [2.45, 2.75) is 18.9 Å². The van der Waals surface area contributed by atoms with Crippen LogP contribution in [0, 0.1) is 0 Å². The molecular weight excluding hydrogens is 239 g/mol. The SMILES string of the molecule is Clc1cnc(NC2CC2)c(Br)c1. The Morgan fingerprint density at radius 1 is 1.58 bits per heavy atom. The smallest absolute Gasteiger partial charge is 0.140 e. The molecule has 0 atom stereocenters. The van der Waals surface area contributed by atoms with Crippen LogP contribution in [0.5, 0.6) is 0 Å². The fourth-order valence-electron chi connectivity index (χ4n) is 0.942. The van der Waals surface area contributed by atoms with Gasteiger partial charge in [-0.15, -0.1) is 0 Å². The summed E-state index contributed by atoms with van der Waals surface area (Å²) in [6.45, 7) is 0. The second-order valence-electron chi connectivity index (χ2n) is 2.90. The van der Waals surface area contributed by atoms with Crippen LogP contribution in [0.25, 0.3) is 0 Å². The molecule has 1 fully saturated rings. The van der Waals surface area contributed by atoms with E-state index in [1.54, 1.807) is 6.20 Å². The fraction of sp³-hybridized carbons (Fsp3) is 0.375. The molecule has 1 aromatic heterocycles. The third-order valence-electron chi connectivity index (χ3n) is 1.73. The molecule has 1 N–H and O–H groups in total. The van der Waals surface area contributed by atoms with Crippen molar-refractivity contribution in [1.82, 2.24) is 4.98 Å². The average molecular weight is 248 g/mol. The maximum Gasteiger partial charge on any atom is 0.140 e. The summed E-state index contributed by atoms with van der Waals surface area (Å²) in [6.07, 6.45) is 4.14. The molecule has 1 saturated carbocycles. The predicted octanol–water partition coefficient (Wildman–Crippen LogP) is 3.07. The second-order valence-corrected chi connectivity index (χ2v) is 4.19. The van der Waals surface area contributed by atoms with Crippen LogP contribution in [-0.4, -0.2) is 11.0 Å². The van der Waals surface area contributed by atoms with Gasteiger partial charge in [0.05, 0.1) is 9.50 Å². The van der Waals surface area contributed by atoms with Crippen molar-refractivity contribution in [3.63, 3.8) is 0 Å². The Morgan fingerprint density at radius 3 is 2.92 bits per heavy atom. The fourth-order valence-corrected chi connectivity index (χ4v) is 1.69. The largest absolute Gasteiger partial charge is 0.366 e. The molecule has 1 aliphatic carbocycles. The minimum absolute atomic E-state index is 0.620. The molecule has 12 heavy (non-hydrogen) atoms. The summed E-state index contributed by atoms with van der Waals surface area (Å²) in [5.41, 5.74) is 0. The van der Waals surface area contributed by atoms with Crippen LogP contribution < -0.4 is 5.32 Å². The van der Waals surface area contributed by atoms with Crippen LogP contribution in [0.2, 0.25) is 5.02 Å². The Balaban J connectivity index is 2.18. The van der Waals surface area contributed by atoms with E-state index < -0.39 is 0 Å². The molecule has 1 aliphatic rings. The van der Waals surface area contributed by atoms with Crippen molar-refractivity contribution >= 4 is 33.3 Å². The molecule has 0 bridgehead atoms. The van der Waals surface area contributed by atoms with E-state index in [2.05, 4.69) is 26.2 Å². The highest BCUT2D eigenvalue weighted by Gasteiger charge is 2.22. The van der Waals surface area contributed by atoms with E-state index in [1.807, 2.05) is 6.07 Å². The molecule has 2 rings (SSSR count). The first kappa shape index (κ1) is 8.32. The third kappa shape index (κ3) is 1.90. The summed E-state index contributed by atoms with van der Waals surface area (Å²) in [6, 6.07) is 2.47. The Hall–Kier alpha value is -0.280. The Bertz CT molecular complexity index is 299. The first-order valence-corrected chi connectivity index (χ1v) is 5.00. The van der Waals surface area contributed by atoms with E-state index in [-0.39, 0.29) is 0 Å². The van der Waals surface area contributed by atoms with E-state index in [0.29, 0.717) is 11.1 Å². The van der Waals surface area contributed by atoms with Crippen LogP contribution in [0.4, 0.5) is 5.82 Å². The number of nitrogens with zero attached hydrogens (tertiary/aromatic N) is 1. The quantitative estimate of drug-likeness (QED) is 0.869. The average Bonchev–Trinajstić information content (AvgIpc) is 2.79. The van der Waals surface area contributed by atoms with Gasteiger partial charge in [-0.1, -0.05) is 11.6 Å². The molecule has 64 valence electrons. The summed E-state index contributed by atoms with van der Waals surface area (Å²) in [5.74, 6) is 0.891. The lowest BCUT2D eigenvalue weighted by Gasteiger charge is -2.04. The monoisotopic (exact) mass is 246 g/mol. The van der Waals surface area contributed by atoms with Gasteiger partial charge in [-0.25, -0.2) is 4.98 Å². The predicted molar refractivity (Wildman–Crippen MR) is 53.6 cm³/mol. The first-order chi connectivity index (χ1) is 5.75. The van der Waals surface area contributed by atoms with Gasteiger partial charge in [0, 0.05) is 12.2 Å². The van der Waals surface area contributed by atoms with Gasteiger partial charge in [-0.2, -0.15) is 0 Å². The van der Waals surface area contributed by atoms with E-state index in [9.17, 15) is 0 Å². The Morgan fingerprint density at radius 2 is 2.33 bits per heavy atom. The highest BCUT2D eigenvalue weighted by Crippen LogP contribution is 2.29. The Labute approximate surface area is 84.5 Å². The van der Waals surface area contributed by atoms with Crippen molar-refractivity contribution in [2.75, 3.05) is 5.32 Å². The van der Waals surface area contributed by atoms with E-state index >= 15 is 0 Å². The molecule has 4 heteroatoms. The maximum atomic E-state index is 5.75. The zero-order chi connectivity index (χ0) is 8.55. The summed E-state index contributed by atoms with van der Waals surface area (Å²) in [4.78, 5) is 4.17. The maximum absolute atomic E-state index is 5.75. The number of hydrogen-bond acceptors (Lipinski definition) is 2. The van der Waals surface area contributed by atoms with Crippen LogP contribution in [-0.2, 0) is 0 Å². The first-order valence-electron chi connectivity index (χ1n) is 3.83. The van der Waals surface area contributed by atoms with E-state index in [0.717, 1.165) is 10.3 Å². The number of anilines is 1. The Kier molecular flexibility index (Phi) is 2.24. The summed E-state index contributed by atoms with van der Waals surface area (Å²) in [5, 5.41) is 3.95. The lowest BCUT2D eigenvalue weighted by molar-refractivity contribution is 1.11. The third-order valence-corrected chi connectivity index (χ3v) is 2.54. The van der Waals surface area contributed by atoms with Crippen LogP contribution in [0.3, 0.4) is 0 Å². The normalized spacial score (nSPS) is 16.2. The summed E-state index contributed by atoms with van der Waals surface area (Å²) in [7, 11) is 0. The van der Waals surface area contributed by atoms with Gasteiger partial charge >= 0.3 is 0 Å². The van der Waals surface area contributed by atoms with Crippen LogP contribution in [0.15, 0.2) is 16.7 Å². The molecule has 1 aromatic rings. The van der Waals surface area contributed by atoms with Crippen molar-refractivity contribution in [3.8, 4) is 0 Å². The molecule has 0 saturated heterocycles. The highest BCUT2D eigenvalue weighted by atomic mass is 79.9. The molecule has 0 spiro atoms. The lowest BCUT2D eigenvalue weighted by Crippen LogP contribution is -2.03. The van der Waals surface area contributed by atoms with Gasteiger partial charge in [0.15, 0.2) is 0 Å². The van der Waals surface area contributed by atoms with Crippen LogP contribution >= 0.6 is 27.5 Å². The molecule has 0 aliphatic heterocycles. The van der Waals surface area contributed by atoms with Gasteiger partial charge < -0.3 is 5.32 Å². The van der Waals surface area contributed by atoms with Crippen molar-refractivity contribution in [3.05, 3.63) is 21.8 Å². The van der Waals surface area contributed by atoms with Crippen molar-refractivity contribution < 1.29 is 0 Å². The molecule has 0 unspecified atom stereocenters. The number of pyridine rings is 1. The van der Waals surface area contributed by atoms with E-state index in [1.165, 1.54) is 12.8 Å². The van der Waals surface area contributed by atoms with Gasteiger partial charge in [0.2, 0.25) is 0 Å². The minimum Gasteiger partial charge on any atom is -0.366 e. The molecule has 1 heterocycles. The molecule has 0 radical (unpaired) electrons. The standard InChI is InChI=1S/C8H8BrClN2/c9-7-3-5(10)4-11-8(7)12-6-1-2-6/h3-4,6H,1-2H2,(H,11,12). The summed E-state index contributed by atoms with van der Waals surface area (Å²) >= 11 is 9.14. The van der Waals surface area contributed by atoms with Crippen LogP contribution in [0.1, 0.15) is 12.8 Å². The number of hydrogen-bond donors (Lipinski definition) is 1. The number of rotatable bonds is 2. The van der Waals surface area contributed by atoms with E-state index in [4.69, 9.17) is 11.6 Å².